The molecule has 0 N–H and O–H groups in total. The van der Waals surface area contributed by atoms with E-state index in [-0.39, 0.29) is 17.9 Å². The molecular formula is C11H10BrN3O3. The van der Waals surface area contributed by atoms with Crippen molar-refractivity contribution in [3.8, 4) is 0 Å². The van der Waals surface area contributed by atoms with E-state index in [0.717, 1.165) is 0 Å². The third-order valence-electron chi connectivity index (χ3n) is 2.60. The summed E-state index contributed by atoms with van der Waals surface area (Å²) in [5.41, 5.74) is 0.295. The van der Waals surface area contributed by atoms with Crippen molar-refractivity contribution < 1.29 is 4.92 Å². The topological polar surface area (TPSA) is 70.1 Å². The van der Waals surface area contributed by atoms with Crippen LogP contribution in [0.2, 0.25) is 0 Å². The maximum Gasteiger partial charge on any atom is 0.328 e. The fraction of sp³-hybridized carbons (Fsp3) is 0.182. The third kappa shape index (κ3) is 2.35. The highest BCUT2D eigenvalue weighted by molar-refractivity contribution is 9.10. The Morgan fingerprint density at radius 2 is 2.11 bits per heavy atom. The van der Waals surface area contributed by atoms with Crippen LogP contribution in [0.5, 0.6) is 0 Å². The Hall–Kier alpha value is -1.89. The summed E-state index contributed by atoms with van der Waals surface area (Å²) in [6, 6.07) is 4.79. The van der Waals surface area contributed by atoms with Crippen LogP contribution in [-0.2, 0) is 13.6 Å². The van der Waals surface area contributed by atoms with Gasteiger partial charge >= 0.3 is 5.69 Å². The second-order valence-corrected chi connectivity index (χ2v) is 4.77. The van der Waals surface area contributed by atoms with Gasteiger partial charge in [0.05, 0.1) is 11.5 Å². The predicted molar refractivity (Wildman–Crippen MR) is 69.6 cm³/mol. The number of benzene rings is 1. The molecule has 0 aliphatic carbocycles. The summed E-state index contributed by atoms with van der Waals surface area (Å²) in [7, 11) is 1.63. The van der Waals surface area contributed by atoms with E-state index < -0.39 is 4.92 Å². The van der Waals surface area contributed by atoms with Crippen LogP contribution in [0.15, 0.2) is 39.9 Å². The van der Waals surface area contributed by atoms with Crippen LogP contribution in [0.3, 0.4) is 0 Å². The van der Waals surface area contributed by atoms with Gasteiger partial charge in [-0.25, -0.2) is 4.79 Å². The molecule has 7 heteroatoms. The normalized spacial score (nSPS) is 10.6. The largest absolute Gasteiger partial charge is 0.328 e. The molecule has 0 saturated carbocycles. The van der Waals surface area contributed by atoms with Gasteiger partial charge < -0.3 is 4.57 Å². The molecule has 0 aliphatic heterocycles. The standard InChI is InChI=1S/C11H10BrN3O3/c1-13-4-5-14(11(13)16)7-8-2-3-9(12)6-10(8)15(17)18/h2-6H,7H2,1H3. The lowest BCUT2D eigenvalue weighted by atomic mass is 10.2. The highest BCUT2D eigenvalue weighted by Crippen LogP contribution is 2.23. The molecule has 1 aromatic carbocycles. The lowest BCUT2D eigenvalue weighted by Gasteiger charge is -2.04. The molecule has 94 valence electrons. The summed E-state index contributed by atoms with van der Waals surface area (Å²) in [6.07, 6.45) is 3.22. The Balaban J connectivity index is 2.43. The minimum absolute atomic E-state index is 0.000119. The quantitative estimate of drug-likeness (QED) is 0.642. The molecule has 18 heavy (non-hydrogen) atoms. The fourth-order valence-corrected chi connectivity index (χ4v) is 2.00. The van der Waals surface area contributed by atoms with Gasteiger partial charge in [0, 0.05) is 35.5 Å². The van der Waals surface area contributed by atoms with E-state index in [2.05, 4.69) is 15.9 Å². The summed E-state index contributed by atoms with van der Waals surface area (Å²) < 4.78 is 3.49. The molecule has 0 radical (unpaired) electrons. The van der Waals surface area contributed by atoms with Crippen LogP contribution in [0.1, 0.15) is 5.56 Å². The smallest absolute Gasteiger partial charge is 0.302 e. The van der Waals surface area contributed by atoms with Gasteiger partial charge in [-0.1, -0.05) is 15.9 Å². The maximum atomic E-state index is 11.7. The molecule has 6 nitrogen and oxygen atoms in total. The molecule has 0 saturated heterocycles. The van der Waals surface area contributed by atoms with Gasteiger partial charge in [-0.2, -0.15) is 0 Å². The van der Waals surface area contributed by atoms with Crippen LogP contribution in [0, 0.1) is 10.1 Å². The molecule has 0 fully saturated rings. The van der Waals surface area contributed by atoms with Gasteiger partial charge in [0.25, 0.3) is 5.69 Å². The number of nitro benzene ring substituents is 1. The average Bonchev–Trinajstić information content (AvgIpc) is 2.63. The number of hydrogen-bond donors (Lipinski definition) is 0. The summed E-state index contributed by atoms with van der Waals surface area (Å²) >= 11 is 3.19. The Labute approximate surface area is 111 Å². The number of imidazole rings is 1. The Morgan fingerprint density at radius 1 is 1.39 bits per heavy atom. The van der Waals surface area contributed by atoms with E-state index in [4.69, 9.17) is 0 Å². The lowest BCUT2D eigenvalue weighted by Crippen LogP contribution is -2.22. The minimum Gasteiger partial charge on any atom is -0.302 e. The van der Waals surface area contributed by atoms with Crippen LogP contribution >= 0.6 is 15.9 Å². The molecule has 1 aromatic heterocycles. The number of hydrogen-bond acceptors (Lipinski definition) is 3. The predicted octanol–water partition coefficient (Wildman–Crippen LogP) is 1.91. The first-order valence-electron chi connectivity index (χ1n) is 5.13. The van der Waals surface area contributed by atoms with E-state index >= 15 is 0 Å². The zero-order valence-electron chi connectivity index (χ0n) is 9.54. The van der Waals surface area contributed by atoms with Crippen molar-refractivity contribution in [1.29, 1.82) is 0 Å². The van der Waals surface area contributed by atoms with E-state index in [1.807, 2.05) is 0 Å². The molecule has 0 amide bonds. The zero-order valence-corrected chi connectivity index (χ0v) is 11.1. The number of nitrogens with zero attached hydrogens (tertiary/aromatic N) is 3. The third-order valence-corrected chi connectivity index (χ3v) is 3.10. The van der Waals surface area contributed by atoms with Crippen LogP contribution in [0.4, 0.5) is 5.69 Å². The van der Waals surface area contributed by atoms with E-state index in [1.165, 1.54) is 15.2 Å². The fourth-order valence-electron chi connectivity index (χ4n) is 1.66. The van der Waals surface area contributed by atoms with Crippen molar-refractivity contribution in [1.82, 2.24) is 9.13 Å². The van der Waals surface area contributed by atoms with Crippen LogP contribution in [0.25, 0.3) is 0 Å². The first-order chi connectivity index (χ1) is 8.49. The number of aromatic nitrogens is 2. The van der Waals surface area contributed by atoms with E-state index in [0.29, 0.717) is 10.0 Å². The molecule has 2 aromatic rings. The molecular weight excluding hydrogens is 302 g/mol. The van der Waals surface area contributed by atoms with Gasteiger partial charge in [-0.15, -0.1) is 0 Å². The summed E-state index contributed by atoms with van der Waals surface area (Å²) in [5.74, 6) is 0. The second kappa shape index (κ2) is 4.77. The van der Waals surface area contributed by atoms with Gasteiger partial charge in [0.2, 0.25) is 0 Å². The molecule has 2 rings (SSSR count). The molecule has 0 unspecified atom stereocenters. The summed E-state index contributed by atoms with van der Waals surface area (Å²) in [5, 5.41) is 10.9. The Morgan fingerprint density at radius 3 is 2.67 bits per heavy atom. The minimum atomic E-state index is -0.450. The lowest BCUT2D eigenvalue weighted by molar-refractivity contribution is -0.385. The number of aryl methyl sites for hydroxylation is 1. The number of rotatable bonds is 3. The van der Waals surface area contributed by atoms with Crippen molar-refractivity contribution in [2.75, 3.05) is 0 Å². The van der Waals surface area contributed by atoms with Gasteiger partial charge in [0.1, 0.15) is 0 Å². The Bertz CT molecular complexity index is 660. The van der Waals surface area contributed by atoms with Gasteiger partial charge in [0.15, 0.2) is 0 Å². The summed E-state index contributed by atoms with van der Waals surface area (Å²) in [6.45, 7) is 0.184. The molecule has 0 aliphatic rings. The molecule has 0 spiro atoms. The van der Waals surface area contributed by atoms with Gasteiger partial charge in [-0.05, 0) is 12.1 Å². The highest BCUT2D eigenvalue weighted by atomic mass is 79.9. The average molecular weight is 312 g/mol. The van der Waals surface area contributed by atoms with Crippen LogP contribution < -0.4 is 5.69 Å². The van der Waals surface area contributed by atoms with Crippen molar-refractivity contribution in [2.45, 2.75) is 6.54 Å². The SMILES string of the molecule is Cn1ccn(Cc2ccc(Br)cc2[N+](=O)[O-])c1=O. The second-order valence-electron chi connectivity index (χ2n) is 3.85. The van der Waals surface area contributed by atoms with Crippen molar-refractivity contribution in [3.63, 3.8) is 0 Å². The highest BCUT2D eigenvalue weighted by Gasteiger charge is 2.15. The van der Waals surface area contributed by atoms with E-state index in [1.54, 1.807) is 31.6 Å². The van der Waals surface area contributed by atoms with Crippen molar-refractivity contribution in [2.24, 2.45) is 7.05 Å². The first kappa shape index (κ1) is 12.6. The maximum absolute atomic E-state index is 11.7. The van der Waals surface area contributed by atoms with E-state index in [9.17, 15) is 14.9 Å². The first-order valence-corrected chi connectivity index (χ1v) is 5.93. The van der Waals surface area contributed by atoms with Crippen molar-refractivity contribution in [3.05, 3.63) is 61.2 Å². The zero-order chi connectivity index (χ0) is 13.3. The summed E-state index contributed by atoms with van der Waals surface area (Å²) in [4.78, 5) is 22.2. The molecule has 0 atom stereocenters. The molecule has 1 heterocycles. The monoisotopic (exact) mass is 311 g/mol. The Kier molecular flexibility index (Phi) is 3.33. The van der Waals surface area contributed by atoms with Crippen LogP contribution in [-0.4, -0.2) is 14.1 Å². The molecule has 0 bridgehead atoms. The van der Waals surface area contributed by atoms with Gasteiger partial charge in [-0.3, -0.25) is 14.7 Å². The number of nitro groups is 1. The van der Waals surface area contributed by atoms with Crippen molar-refractivity contribution >= 4 is 21.6 Å². The number of halogens is 1.